The Bertz CT molecular complexity index is 1420. The summed E-state index contributed by atoms with van der Waals surface area (Å²) in [6, 6.07) is 16.4. The lowest BCUT2D eigenvalue weighted by Crippen LogP contribution is -2.36. The molecule has 0 unspecified atom stereocenters. The van der Waals surface area contributed by atoms with Crippen molar-refractivity contribution in [3.8, 4) is 0 Å². The molecule has 7 nitrogen and oxygen atoms in total. The molecule has 1 amide bonds. The lowest BCUT2D eigenvalue weighted by molar-refractivity contribution is 0.0972. The van der Waals surface area contributed by atoms with Crippen LogP contribution in [0, 0.1) is 6.92 Å². The molecule has 2 N–H and O–H groups in total. The molecule has 2 heterocycles. The molecule has 1 aliphatic rings. The van der Waals surface area contributed by atoms with E-state index < -0.39 is 15.9 Å². The van der Waals surface area contributed by atoms with E-state index in [9.17, 15) is 13.2 Å². The Hall–Kier alpha value is -3.01. The first-order valence-corrected chi connectivity index (χ1v) is 13.6. The van der Waals surface area contributed by atoms with E-state index in [-0.39, 0.29) is 4.34 Å². The van der Waals surface area contributed by atoms with Gasteiger partial charge in [-0.3, -0.25) is 4.79 Å². The van der Waals surface area contributed by atoms with Crippen molar-refractivity contribution < 1.29 is 13.2 Å². The van der Waals surface area contributed by atoms with Gasteiger partial charge >= 0.3 is 0 Å². The number of nitrogens with one attached hydrogen (secondary N) is 2. The van der Waals surface area contributed by atoms with Gasteiger partial charge in [0, 0.05) is 47.2 Å². The number of rotatable bonds is 8. The van der Waals surface area contributed by atoms with Gasteiger partial charge in [0.15, 0.2) is 0 Å². The first-order valence-electron chi connectivity index (χ1n) is 11.3. The highest BCUT2D eigenvalue weighted by molar-refractivity contribution is 7.92. The molecule has 2 aromatic heterocycles. The monoisotopic (exact) mass is 494 g/mol. The minimum Gasteiger partial charge on any atom is -0.332 e. The predicted molar refractivity (Wildman–Crippen MR) is 133 cm³/mol. The van der Waals surface area contributed by atoms with Crippen molar-refractivity contribution in [1.82, 2.24) is 19.6 Å². The largest absolute Gasteiger partial charge is 0.332 e. The number of aromatic nitrogens is 2. The van der Waals surface area contributed by atoms with Gasteiger partial charge in [-0.15, -0.1) is 11.3 Å². The fourth-order valence-corrected chi connectivity index (χ4v) is 6.06. The number of hydrogen-bond acceptors (Lipinski definition) is 6. The van der Waals surface area contributed by atoms with E-state index in [0.717, 1.165) is 51.8 Å². The fourth-order valence-electron chi connectivity index (χ4n) is 4.27. The van der Waals surface area contributed by atoms with Crippen molar-refractivity contribution in [2.75, 3.05) is 0 Å². The van der Waals surface area contributed by atoms with Gasteiger partial charge in [-0.25, -0.2) is 9.71 Å². The van der Waals surface area contributed by atoms with Crippen molar-refractivity contribution in [2.24, 2.45) is 0 Å². The van der Waals surface area contributed by atoms with Crippen LogP contribution in [0.4, 0.5) is 0 Å². The van der Waals surface area contributed by atoms with E-state index >= 15 is 0 Å². The van der Waals surface area contributed by atoms with Gasteiger partial charge in [0.1, 0.15) is 5.69 Å². The molecule has 1 fully saturated rings. The van der Waals surface area contributed by atoms with Gasteiger partial charge in [-0.1, -0.05) is 54.4 Å². The second-order valence-corrected chi connectivity index (χ2v) is 11.4. The molecule has 0 radical (unpaired) electrons. The summed E-state index contributed by atoms with van der Waals surface area (Å²) in [5, 5.41) is 6.06. The smallest absolute Gasteiger partial charge is 0.291 e. The van der Waals surface area contributed by atoms with Gasteiger partial charge in [-0.05, 0) is 31.4 Å². The number of hydrogen-bond donors (Lipinski definition) is 2. The molecule has 5 rings (SSSR count). The minimum atomic E-state index is -4.06. The van der Waals surface area contributed by atoms with Crippen LogP contribution in [0.15, 0.2) is 64.4 Å². The zero-order valence-electron chi connectivity index (χ0n) is 18.8. The molecule has 0 aliphatic heterocycles. The number of para-hydroxylation sites is 1. The standard InChI is InChI=1S/C25H26N4O3S2/c1-17-9-11-18(12-10-17)16-29-22-8-3-2-7-20(22)21(15-27-19-5-4-6-19)23(29)24(30)28-34(31,32)25-26-13-14-33-25/h2-3,7-14,19,27H,4-6,15-16H2,1H3,(H,28,30). The van der Waals surface area contributed by atoms with Crippen molar-refractivity contribution in [3.05, 3.63) is 82.5 Å². The maximum Gasteiger partial charge on any atom is 0.291 e. The summed E-state index contributed by atoms with van der Waals surface area (Å²) < 4.78 is 29.7. The van der Waals surface area contributed by atoms with Gasteiger partial charge in [0.25, 0.3) is 15.9 Å². The van der Waals surface area contributed by atoms with Crippen molar-refractivity contribution in [1.29, 1.82) is 0 Å². The highest BCUT2D eigenvalue weighted by Gasteiger charge is 2.28. The molecule has 1 aliphatic carbocycles. The lowest BCUT2D eigenvalue weighted by Gasteiger charge is -2.26. The Labute approximate surface area is 202 Å². The maximum atomic E-state index is 13.6. The number of aryl methyl sites for hydroxylation is 1. The Morgan fingerprint density at radius 3 is 2.59 bits per heavy atom. The molecule has 1 saturated carbocycles. The van der Waals surface area contributed by atoms with E-state index in [1.165, 1.54) is 12.6 Å². The Kier molecular flexibility index (Phi) is 6.24. The fraction of sp³-hybridized carbons (Fsp3) is 0.280. The average Bonchev–Trinajstić information content (AvgIpc) is 3.42. The van der Waals surface area contributed by atoms with Gasteiger partial charge in [0.2, 0.25) is 4.34 Å². The highest BCUT2D eigenvalue weighted by atomic mass is 32.2. The quantitative estimate of drug-likeness (QED) is 0.383. The number of carbonyl (C=O) groups excluding carboxylic acids is 1. The second-order valence-electron chi connectivity index (χ2n) is 8.66. The van der Waals surface area contributed by atoms with E-state index in [4.69, 9.17) is 0 Å². The minimum absolute atomic E-state index is 0.129. The Morgan fingerprint density at radius 1 is 1.15 bits per heavy atom. The normalized spacial score (nSPS) is 14.3. The van der Waals surface area contributed by atoms with Crippen LogP contribution < -0.4 is 10.0 Å². The van der Waals surface area contributed by atoms with Crippen LogP contribution in [0.1, 0.15) is 46.4 Å². The maximum absolute atomic E-state index is 13.6. The van der Waals surface area contributed by atoms with Crippen LogP contribution in [-0.2, 0) is 23.1 Å². The van der Waals surface area contributed by atoms with Crippen LogP contribution in [-0.4, -0.2) is 29.9 Å². The number of nitrogens with zero attached hydrogens (tertiary/aromatic N) is 2. The summed E-state index contributed by atoms with van der Waals surface area (Å²) in [5.74, 6) is -0.649. The van der Waals surface area contributed by atoms with E-state index in [0.29, 0.717) is 24.8 Å². The Balaban J connectivity index is 1.60. The van der Waals surface area contributed by atoms with E-state index in [1.807, 2.05) is 60.0 Å². The highest BCUT2D eigenvalue weighted by Crippen LogP contribution is 2.29. The first kappa shape index (κ1) is 22.8. The van der Waals surface area contributed by atoms with Gasteiger partial charge < -0.3 is 9.88 Å². The molecule has 0 saturated heterocycles. The molecule has 0 spiro atoms. The molecule has 9 heteroatoms. The number of carbonyl (C=O) groups is 1. The summed E-state index contributed by atoms with van der Waals surface area (Å²) in [5.41, 5.74) is 4.24. The zero-order valence-corrected chi connectivity index (χ0v) is 20.5. The van der Waals surface area contributed by atoms with Crippen LogP contribution in [0.2, 0.25) is 0 Å². The molecule has 0 atom stereocenters. The molecule has 176 valence electrons. The topological polar surface area (TPSA) is 93.1 Å². The first-order chi connectivity index (χ1) is 16.4. The summed E-state index contributed by atoms with van der Waals surface area (Å²) in [6.45, 7) is 2.97. The zero-order chi connectivity index (χ0) is 23.7. The van der Waals surface area contributed by atoms with Gasteiger partial charge in [0.05, 0.1) is 0 Å². The van der Waals surface area contributed by atoms with Crippen molar-refractivity contribution in [2.45, 2.75) is 49.7 Å². The summed E-state index contributed by atoms with van der Waals surface area (Å²) >= 11 is 0.976. The van der Waals surface area contributed by atoms with E-state index in [2.05, 4.69) is 15.0 Å². The molecular weight excluding hydrogens is 468 g/mol. The summed E-state index contributed by atoms with van der Waals surface area (Å²) in [7, 11) is -4.06. The number of amides is 1. The molecule has 34 heavy (non-hydrogen) atoms. The number of sulfonamides is 1. The predicted octanol–water partition coefficient (Wildman–Crippen LogP) is 4.22. The molecule has 2 aromatic carbocycles. The third-order valence-corrected chi connectivity index (χ3v) is 8.82. The molecular formula is C25H26N4O3S2. The van der Waals surface area contributed by atoms with E-state index in [1.54, 1.807) is 5.38 Å². The summed E-state index contributed by atoms with van der Waals surface area (Å²) in [4.78, 5) is 17.5. The second kappa shape index (κ2) is 9.32. The lowest BCUT2D eigenvalue weighted by atomic mass is 9.93. The van der Waals surface area contributed by atoms with Crippen molar-refractivity contribution in [3.63, 3.8) is 0 Å². The van der Waals surface area contributed by atoms with Crippen LogP contribution >= 0.6 is 11.3 Å². The average molecular weight is 495 g/mol. The molecule has 0 bridgehead atoms. The van der Waals surface area contributed by atoms with Crippen molar-refractivity contribution >= 4 is 38.2 Å². The number of fused-ring (bicyclic) bond motifs is 1. The number of benzene rings is 2. The van der Waals surface area contributed by atoms with Crippen LogP contribution in [0.5, 0.6) is 0 Å². The third kappa shape index (κ3) is 4.51. The third-order valence-electron chi connectivity index (χ3n) is 6.29. The SMILES string of the molecule is Cc1ccc(Cn2c(C(=O)NS(=O)(=O)c3nccs3)c(CNC3CCC3)c3ccccc32)cc1. The van der Waals surface area contributed by atoms with Crippen LogP contribution in [0.3, 0.4) is 0 Å². The van der Waals surface area contributed by atoms with Gasteiger partial charge in [-0.2, -0.15) is 8.42 Å². The summed E-state index contributed by atoms with van der Waals surface area (Å²) in [6.07, 6.45) is 4.84. The Morgan fingerprint density at radius 2 is 1.91 bits per heavy atom. The number of thiazole rings is 1. The molecule has 4 aromatic rings. The van der Waals surface area contributed by atoms with Crippen LogP contribution in [0.25, 0.3) is 10.9 Å².